The largest absolute Gasteiger partial charge is 0.309 e. The lowest BCUT2D eigenvalue weighted by Crippen LogP contribution is -2.33. The van der Waals surface area contributed by atoms with Crippen molar-refractivity contribution < 1.29 is 8.22 Å². The molecule has 0 heterocycles. The molecule has 0 saturated carbocycles. The zero-order valence-corrected chi connectivity index (χ0v) is 13.4. The Kier molecular flexibility index (Phi) is 3.87. The minimum absolute atomic E-state index is 0.107. The minimum atomic E-state index is -2.76. The van der Waals surface area contributed by atoms with Crippen molar-refractivity contribution in [3.05, 3.63) is 34.3 Å². The lowest BCUT2D eigenvalue weighted by molar-refractivity contribution is 0.307. The molecular weight excluding hydrogens is 314 g/mol. The summed E-state index contributed by atoms with van der Waals surface area (Å²) in [6, 6.07) is 9.61. The van der Waals surface area contributed by atoms with Crippen LogP contribution in [0.25, 0.3) is 0 Å². The highest BCUT2D eigenvalue weighted by Gasteiger charge is 2.32. The first-order valence-electron chi connectivity index (χ1n) is 9.42. The topological polar surface area (TPSA) is 30.3 Å². The quantitative estimate of drug-likeness (QED) is 0.761. The van der Waals surface area contributed by atoms with Gasteiger partial charge in [-0.1, -0.05) is 28.1 Å². The van der Waals surface area contributed by atoms with E-state index >= 15 is 0 Å². The van der Waals surface area contributed by atoms with Crippen molar-refractivity contribution in [2.45, 2.75) is 18.3 Å². The van der Waals surface area contributed by atoms with Crippen LogP contribution < -0.4 is 0 Å². The molecule has 0 aromatic heterocycles. The van der Waals surface area contributed by atoms with Gasteiger partial charge in [0.15, 0.2) is 0 Å². The zero-order chi connectivity index (χ0) is 20.2. The van der Waals surface area contributed by atoms with E-state index in [0.717, 1.165) is 10.0 Å². The molecule has 1 aromatic rings. The molecule has 20 heavy (non-hydrogen) atoms. The van der Waals surface area contributed by atoms with Crippen molar-refractivity contribution >= 4 is 15.9 Å². The van der Waals surface area contributed by atoms with Crippen LogP contribution >= 0.6 is 15.9 Å². The summed E-state index contributed by atoms with van der Waals surface area (Å²) in [5.74, 6) is 0. The molecule has 0 aliphatic rings. The van der Waals surface area contributed by atoms with Crippen molar-refractivity contribution in [1.29, 1.82) is 5.26 Å². The Morgan fingerprint density at radius 1 is 1.15 bits per heavy atom. The first-order valence-corrected chi connectivity index (χ1v) is 7.21. The van der Waals surface area contributed by atoms with Gasteiger partial charge < -0.3 is 9.80 Å². The fourth-order valence-electron chi connectivity index (χ4n) is 2.08. The van der Waals surface area contributed by atoms with E-state index in [4.69, 9.17) is 8.22 Å². The van der Waals surface area contributed by atoms with Crippen molar-refractivity contribution in [2.24, 2.45) is 0 Å². The lowest BCUT2D eigenvalue weighted by Gasteiger charge is -2.30. The first-order chi connectivity index (χ1) is 11.8. The molecule has 0 fully saturated rings. The van der Waals surface area contributed by atoms with Crippen molar-refractivity contribution in [3.63, 3.8) is 0 Å². The predicted octanol–water partition coefficient (Wildman–Crippen LogP) is 3.11. The number of hydrogen-bond acceptors (Lipinski definition) is 3. The van der Waals surface area contributed by atoms with Gasteiger partial charge in [0.2, 0.25) is 0 Å². The Balaban J connectivity index is 3.20. The molecule has 0 N–H and O–H groups in total. The molecule has 110 valence electrons. The number of hydrogen-bond donors (Lipinski definition) is 0. The van der Waals surface area contributed by atoms with Gasteiger partial charge in [0.25, 0.3) is 0 Å². The molecule has 0 radical (unpaired) electrons. The van der Waals surface area contributed by atoms with E-state index in [1.54, 1.807) is 0 Å². The van der Waals surface area contributed by atoms with Gasteiger partial charge in [0.05, 0.1) is 11.5 Å². The molecule has 0 amide bonds. The Hall–Kier alpha value is -0.890. The van der Waals surface area contributed by atoms with E-state index in [1.165, 1.54) is 0 Å². The third kappa shape index (κ3) is 4.90. The van der Waals surface area contributed by atoms with Gasteiger partial charge in [-0.2, -0.15) is 5.26 Å². The molecule has 0 spiro atoms. The van der Waals surface area contributed by atoms with Crippen LogP contribution in [0.5, 0.6) is 0 Å². The molecule has 0 aliphatic heterocycles. The summed E-state index contributed by atoms with van der Waals surface area (Å²) < 4.78 is 46.0. The summed E-state index contributed by atoms with van der Waals surface area (Å²) in [7, 11) is 3.78. The van der Waals surface area contributed by atoms with Gasteiger partial charge in [0, 0.05) is 12.7 Å². The fraction of sp³-hybridized carbons (Fsp3) is 0.562. The van der Waals surface area contributed by atoms with E-state index in [1.807, 2.05) is 43.3 Å². The van der Waals surface area contributed by atoms with E-state index in [-0.39, 0.29) is 13.0 Å². The van der Waals surface area contributed by atoms with Crippen LogP contribution in [0.1, 0.15) is 26.6 Å². The van der Waals surface area contributed by atoms with E-state index in [0.29, 0.717) is 17.9 Å². The monoisotopic (exact) mass is 343 g/mol. The standard InChI is InChI=1S/C16H24BrN3/c1-19(2)11-9-16(13-18,10-12-20(3)4)14-5-7-15(17)8-6-14/h5-8H,9-12H2,1-4H3/i1D3,2D3. The van der Waals surface area contributed by atoms with Crippen LogP contribution in [0.4, 0.5) is 0 Å². The van der Waals surface area contributed by atoms with Crippen LogP contribution in [0.2, 0.25) is 0 Å². The van der Waals surface area contributed by atoms with Crippen LogP contribution in [-0.2, 0) is 5.41 Å². The van der Waals surface area contributed by atoms with Gasteiger partial charge in [-0.3, -0.25) is 0 Å². The highest BCUT2D eigenvalue weighted by atomic mass is 79.9. The van der Waals surface area contributed by atoms with E-state index in [9.17, 15) is 5.26 Å². The Morgan fingerprint density at radius 2 is 1.70 bits per heavy atom. The van der Waals surface area contributed by atoms with Gasteiger partial charge in [-0.05, 0) is 71.7 Å². The smallest absolute Gasteiger partial charge is 0.0846 e. The average Bonchev–Trinajstić information content (AvgIpc) is 2.49. The molecule has 0 bridgehead atoms. The summed E-state index contributed by atoms with van der Waals surface area (Å²) in [5.41, 5.74) is -0.221. The van der Waals surface area contributed by atoms with Gasteiger partial charge >= 0.3 is 0 Å². The summed E-state index contributed by atoms with van der Waals surface area (Å²) >= 11 is 3.36. The maximum Gasteiger partial charge on any atom is 0.0846 e. The lowest BCUT2D eigenvalue weighted by atomic mass is 9.76. The third-order valence-electron chi connectivity index (χ3n) is 3.36. The molecule has 0 saturated heterocycles. The Bertz CT molecular complexity index is 607. The van der Waals surface area contributed by atoms with Crippen LogP contribution in [0.15, 0.2) is 28.7 Å². The molecule has 3 nitrogen and oxygen atoms in total. The molecule has 1 aromatic carbocycles. The number of rotatable bonds is 7. The maximum atomic E-state index is 9.95. The molecule has 4 heteroatoms. The number of nitrogens with zero attached hydrogens (tertiary/aromatic N) is 3. The number of nitriles is 1. The molecule has 1 atom stereocenters. The van der Waals surface area contributed by atoms with Crippen molar-refractivity contribution in [3.8, 4) is 6.07 Å². The second-order valence-electron chi connectivity index (χ2n) is 5.16. The van der Waals surface area contributed by atoms with Crippen molar-refractivity contribution in [2.75, 3.05) is 41.1 Å². The molecule has 0 aliphatic carbocycles. The van der Waals surface area contributed by atoms with Gasteiger partial charge in [-0.25, -0.2) is 0 Å². The Morgan fingerprint density at radius 3 is 2.15 bits per heavy atom. The molecule has 1 unspecified atom stereocenters. The summed E-state index contributed by atoms with van der Waals surface area (Å²) in [5, 5.41) is 9.95. The highest BCUT2D eigenvalue weighted by Crippen LogP contribution is 2.32. The van der Waals surface area contributed by atoms with E-state index < -0.39 is 19.4 Å². The van der Waals surface area contributed by atoms with E-state index in [2.05, 4.69) is 22.0 Å². The maximum absolute atomic E-state index is 9.95. The average molecular weight is 344 g/mol. The Labute approximate surface area is 139 Å². The van der Waals surface area contributed by atoms with Crippen LogP contribution in [0, 0.1) is 11.3 Å². The highest BCUT2D eigenvalue weighted by molar-refractivity contribution is 9.10. The number of benzene rings is 1. The van der Waals surface area contributed by atoms with Gasteiger partial charge in [-0.15, -0.1) is 0 Å². The normalized spacial score (nSPS) is 20.0. The minimum Gasteiger partial charge on any atom is -0.309 e. The first kappa shape index (κ1) is 9.94. The van der Waals surface area contributed by atoms with Gasteiger partial charge in [0.1, 0.15) is 0 Å². The second kappa shape index (κ2) is 7.78. The van der Waals surface area contributed by atoms with Crippen LogP contribution in [-0.4, -0.2) is 50.9 Å². The number of halogens is 1. The predicted molar refractivity (Wildman–Crippen MR) is 87.8 cm³/mol. The second-order valence-corrected chi connectivity index (χ2v) is 6.07. The molecule has 1 rings (SSSR count). The summed E-state index contributed by atoms with van der Waals surface area (Å²) in [6.45, 7) is -5.13. The third-order valence-corrected chi connectivity index (χ3v) is 3.89. The van der Waals surface area contributed by atoms with Crippen LogP contribution in [0.3, 0.4) is 0 Å². The van der Waals surface area contributed by atoms with Crippen molar-refractivity contribution in [1.82, 2.24) is 9.80 Å². The summed E-state index contributed by atoms with van der Waals surface area (Å²) in [6.07, 6.45) is 0.573. The molecular formula is C16H24BrN3. The SMILES string of the molecule is [2H]C([2H])([2H])N(CCC(C#N)(CCN(C)C)c1ccc(Br)cc1)C([2H])([2H])[2H]. The summed E-state index contributed by atoms with van der Waals surface area (Å²) in [4.78, 5) is 2.46. The fourth-order valence-corrected chi connectivity index (χ4v) is 2.34. The zero-order valence-electron chi connectivity index (χ0n) is 17.9.